The van der Waals surface area contributed by atoms with Crippen molar-refractivity contribution in [3.05, 3.63) is 30.1 Å². The van der Waals surface area contributed by atoms with E-state index in [4.69, 9.17) is 0 Å². The topological polar surface area (TPSA) is 58.9 Å². The number of hydrogen-bond acceptors (Lipinski definition) is 3. The van der Waals surface area contributed by atoms with Crippen molar-refractivity contribution in [3.8, 4) is 0 Å². The van der Waals surface area contributed by atoms with Crippen LogP contribution >= 0.6 is 0 Å². The summed E-state index contributed by atoms with van der Waals surface area (Å²) in [6.45, 7) is 0. The Hall–Kier alpha value is -1.88. The van der Waals surface area contributed by atoms with Crippen molar-refractivity contribution in [2.24, 2.45) is 7.05 Å². The van der Waals surface area contributed by atoms with Gasteiger partial charge in [0.1, 0.15) is 0 Å². The number of carbonyl (C=O) groups excluding carboxylic acids is 1. The fourth-order valence-corrected chi connectivity index (χ4v) is 1.80. The lowest BCUT2D eigenvalue weighted by atomic mass is 10.1. The van der Waals surface area contributed by atoms with Crippen molar-refractivity contribution in [1.82, 2.24) is 20.4 Å². The molecule has 0 aliphatic carbocycles. The van der Waals surface area contributed by atoms with Gasteiger partial charge in [-0.3, -0.25) is 10.2 Å². The van der Waals surface area contributed by atoms with Crippen LogP contribution in [0.15, 0.2) is 24.5 Å². The van der Waals surface area contributed by atoms with E-state index in [9.17, 15) is 4.79 Å². The minimum absolute atomic E-state index is 0.00591. The molecule has 0 spiro atoms. The fourth-order valence-electron chi connectivity index (χ4n) is 1.80. The summed E-state index contributed by atoms with van der Waals surface area (Å²) in [6.07, 6.45) is 2.99. The molecule has 0 atom stereocenters. The van der Waals surface area contributed by atoms with Crippen LogP contribution in [0.2, 0.25) is 0 Å². The number of aromatic nitrogens is 2. The first-order valence-corrected chi connectivity index (χ1v) is 5.56. The van der Waals surface area contributed by atoms with Gasteiger partial charge in [0.25, 0.3) is 0 Å². The highest BCUT2D eigenvalue weighted by Gasteiger charge is 2.04. The van der Waals surface area contributed by atoms with Crippen LogP contribution in [0, 0.1) is 0 Å². The number of nitrogens with zero attached hydrogens (tertiary/aromatic N) is 2. The molecule has 0 saturated heterocycles. The Bertz CT molecular complexity index is 532. The van der Waals surface area contributed by atoms with Crippen molar-refractivity contribution >= 4 is 16.9 Å². The monoisotopic (exact) mass is 232 g/mol. The lowest BCUT2D eigenvalue weighted by molar-refractivity contribution is -0.121. The lowest BCUT2D eigenvalue weighted by Crippen LogP contribution is -2.34. The highest BCUT2D eigenvalue weighted by molar-refractivity contribution is 5.77. The third-order valence-corrected chi connectivity index (χ3v) is 2.69. The van der Waals surface area contributed by atoms with Crippen LogP contribution in [0.3, 0.4) is 0 Å². The van der Waals surface area contributed by atoms with E-state index in [2.05, 4.69) is 15.8 Å². The maximum atomic E-state index is 11.3. The Morgan fingerprint density at radius 1 is 1.47 bits per heavy atom. The van der Waals surface area contributed by atoms with Gasteiger partial charge in [-0.1, -0.05) is 6.07 Å². The maximum Gasteiger partial charge on any atom is 0.234 e. The van der Waals surface area contributed by atoms with Crippen LogP contribution in [0.1, 0.15) is 12.0 Å². The van der Waals surface area contributed by atoms with Crippen LogP contribution in [0.25, 0.3) is 11.0 Å². The van der Waals surface area contributed by atoms with Crippen LogP contribution in [0.5, 0.6) is 0 Å². The summed E-state index contributed by atoms with van der Waals surface area (Å²) in [5.74, 6) is -0.00591. The molecule has 2 N–H and O–H groups in total. The van der Waals surface area contributed by atoms with Gasteiger partial charge in [0.15, 0.2) is 0 Å². The third-order valence-electron chi connectivity index (χ3n) is 2.69. The minimum atomic E-state index is -0.00591. The molecule has 1 amide bonds. The van der Waals surface area contributed by atoms with Gasteiger partial charge >= 0.3 is 0 Å². The second-order valence-electron chi connectivity index (χ2n) is 3.98. The Labute approximate surface area is 99.8 Å². The number of amides is 1. The number of imidazole rings is 1. The first-order chi connectivity index (χ1) is 8.20. The van der Waals surface area contributed by atoms with E-state index in [1.807, 2.05) is 29.8 Å². The van der Waals surface area contributed by atoms with Crippen molar-refractivity contribution in [1.29, 1.82) is 0 Å². The molecule has 0 aliphatic rings. The number of nitrogens with one attached hydrogen (secondary N) is 2. The summed E-state index contributed by atoms with van der Waals surface area (Å²) in [7, 11) is 3.65. The first-order valence-electron chi connectivity index (χ1n) is 5.56. The molecule has 1 aromatic carbocycles. The van der Waals surface area contributed by atoms with Crippen LogP contribution in [-0.4, -0.2) is 22.5 Å². The summed E-state index contributed by atoms with van der Waals surface area (Å²) in [5, 5.41) is 0. The molecule has 0 saturated carbocycles. The van der Waals surface area contributed by atoms with Crippen LogP contribution < -0.4 is 10.9 Å². The summed E-state index contributed by atoms with van der Waals surface area (Å²) < 4.78 is 1.98. The molecule has 2 rings (SSSR count). The number of hydrazine groups is 1. The molecule has 0 aliphatic heterocycles. The predicted octanol–water partition coefficient (Wildman–Crippen LogP) is 0.756. The molecule has 0 bridgehead atoms. The molecule has 0 unspecified atom stereocenters. The molecular weight excluding hydrogens is 216 g/mol. The predicted molar refractivity (Wildman–Crippen MR) is 66.2 cm³/mol. The van der Waals surface area contributed by atoms with E-state index in [1.54, 1.807) is 13.4 Å². The lowest BCUT2D eigenvalue weighted by Gasteiger charge is -2.03. The van der Waals surface area contributed by atoms with Gasteiger partial charge < -0.3 is 4.57 Å². The van der Waals surface area contributed by atoms with Crippen molar-refractivity contribution < 1.29 is 4.79 Å². The zero-order valence-corrected chi connectivity index (χ0v) is 10.0. The average Bonchev–Trinajstić information content (AvgIpc) is 2.69. The first kappa shape index (κ1) is 11.6. The summed E-state index contributed by atoms with van der Waals surface area (Å²) >= 11 is 0. The van der Waals surface area contributed by atoms with Gasteiger partial charge in [0.2, 0.25) is 5.91 Å². The van der Waals surface area contributed by atoms with Crippen LogP contribution in [-0.2, 0) is 18.3 Å². The highest BCUT2D eigenvalue weighted by atomic mass is 16.2. The Morgan fingerprint density at radius 3 is 3.06 bits per heavy atom. The van der Waals surface area contributed by atoms with E-state index >= 15 is 0 Å². The number of benzene rings is 1. The number of carbonyl (C=O) groups is 1. The molecular formula is C12H16N4O. The number of hydrogen-bond donors (Lipinski definition) is 2. The highest BCUT2D eigenvalue weighted by Crippen LogP contribution is 2.14. The van der Waals surface area contributed by atoms with Gasteiger partial charge in [-0.15, -0.1) is 0 Å². The number of rotatable bonds is 4. The van der Waals surface area contributed by atoms with Crippen molar-refractivity contribution in [2.45, 2.75) is 12.8 Å². The Morgan fingerprint density at radius 2 is 2.29 bits per heavy atom. The SMILES string of the molecule is CNNC(=O)CCc1ccc2c(c1)ncn2C. The molecule has 17 heavy (non-hydrogen) atoms. The second-order valence-corrected chi connectivity index (χ2v) is 3.98. The standard InChI is InChI=1S/C12H16N4O/c1-13-15-12(17)6-4-9-3-5-11-10(7-9)14-8-16(11)2/h3,5,7-8,13H,4,6H2,1-2H3,(H,15,17). The molecule has 5 nitrogen and oxygen atoms in total. The Kier molecular flexibility index (Phi) is 3.39. The maximum absolute atomic E-state index is 11.3. The van der Waals surface area contributed by atoms with E-state index in [0.29, 0.717) is 6.42 Å². The van der Waals surface area contributed by atoms with Gasteiger partial charge in [-0.25, -0.2) is 10.4 Å². The summed E-state index contributed by atoms with van der Waals surface area (Å²) in [6, 6.07) is 6.10. The Balaban J connectivity index is 2.07. The normalized spacial score (nSPS) is 10.7. The smallest absolute Gasteiger partial charge is 0.234 e. The summed E-state index contributed by atoms with van der Waals surface area (Å²) in [4.78, 5) is 15.6. The van der Waals surface area contributed by atoms with E-state index in [1.165, 1.54) is 0 Å². The molecule has 5 heteroatoms. The van der Waals surface area contributed by atoms with Gasteiger partial charge in [-0.05, 0) is 24.1 Å². The van der Waals surface area contributed by atoms with E-state index < -0.39 is 0 Å². The van der Waals surface area contributed by atoms with Gasteiger partial charge in [0.05, 0.1) is 17.4 Å². The van der Waals surface area contributed by atoms with Crippen molar-refractivity contribution in [3.63, 3.8) is 0 Å². The number of aryl methyl sites for hydroxylation is 2. The third kappa shape index (κ3) is 2.62. The second kappa shape index (κ2) is 4.97. The molecule has 1 heterocycles. The fraction of sp³-hybridized carbons (Fsp3) is 0.333. The van der Waals surface area contributed by atoms with Crippen molar-refractivity contribution in [2.75, 3.05) is 7.05 Å². The van der Waals surface area contributed by atoms with Gasteiger partial charge in [-0.2, -0.15) is 0 Å². The molecule has 0 radical (unpaired) electrons. The summed E-state index contributed by atoms with van der Waals surface area (Å²) in [5.41, 5.74) is 8.37. The molecule has 0 fully saturated rings. The zero-order valence-electron chi connectivity index (χ0n) is 10.0. The van der Waals surface area contributed by atoms with E-state index in [-0.39, 0.29) is 5.91 Å². The van der Waals surface area contributed by atoms with Crippen LogP contribution in [0.4, 0.5) is 0 Å². The van der Waals surface area contributed by atoms with Gasteiger partial charge in [0, 0.05) is 20.5 Å². The van der Waals surface area contributed by atoms with E-state index in [0.717, 1.165) is 23.0 Å². The molecule has 1 aromatic heterocycles. The molecule has 90 valence electrons. The minimum Gasteiger partial charge on any atom is -0.334 e. The quantitative estimate of drug-likeness (QED) is 0.765. The zero-order chi connectivity index (χ0) is 12.3. The largest absolute Gasteiger partial charge is 0.334 e. The molecule has 2 aromatic rings. The average molecular weight is 232 g/mol. The number of fused-ring (bicyclic) bond motifs is 1.